The Balaban J connectivity index is 1.73. The number of methoxy groups -OCH3 is 1. The highest BCUT2D eigenvalue weighted by molar-refractivity contribution is 5.96. The van der Waals surface area contributed by atoms with E-state index in [1.54, 1.807) is 7.11 Å². The molecule has 1 heterocycles. The summed E-state index contributed by atoms with van der Waals surface area (Å²) in [7, 11) is 1.67. The normalized spacial score (nSPS) is 16.9. The number of hydrogen-bond acceptors (Lipinski definition) is 3. The molecule has 3 rings (SSSR count). The molecule has 0 bridgehead atoms. The Bertz CT molecular complexity index is 751. The standard InChI is InChI=1S/C20H24O3/c1-13-5-4-6-18(21)17(13)9-7-14(2)20-12-15-11-16(22-3)8-10-19(15)23-20/h8,10-12,14H,4-7,9H2,1-3H3. The van der Waals surface area contributed by atoms with E-state index in [0.717, 1.165) is 53.7 Å². The van der Waals surface area contributed by atoms with Gasteiger partial charge in [0.05, 0.1) is 7.11 Å². The maximum atomic E-state index is 12.1. The third-order valence-corrected chi connectivity index (χ3v) is 4.86. The summed E-state index contributed by atoms with van der Waals surface area (Å²) in [5, 5.41) is 1.07. The van der Waals surface area contributed by atoms with Crippen LogP contribution >= 0.6 is 0 Å². The summed E-state index contributed by atoms with van der Waals surface area (Å²) in [6, 6.07) is 7.94. The van der Waals surface area contributed by atoms with E-state index < -0.39 is 0 Å². The molecular weight excluding hydrogens is 288 g/mol. The summed E-state index contributed by atoms with van der Waals surface area (Å²) in [4.78, 5) is 12.1. The van der Waals surface area contributed by atoms with Crippen LogP contribution < -0.4 is 4.74 Å². The van der Waals surface area contributed by atoms with Gasteiger partial charge in [0.25, 0.3) is 0 Å². The SMILES string of the molecule is COc1ccc2oc(C(C)CCC3=C(C)CCCC3=O)cc2c1. The van der Waals surface area contributed by atoms with Crippen LogP contribution in [0.25, 0.3) is 11.0 Å². The highest BCUT2D eigenvalue weighted by atomic mass is 16.5. The van der Waals surface area contributed by atoms with Crippen molar-refractivity contribution >= 4 is 16.8 Å². The minimum absolute atomic E-state index is 0.295. The van der Waals surface area contributed by atoms with Crippen LogP contribution in [0.5, 0.6) is 5.75 Å². The molecule has 1 atom stereocenters. The van der Waals surface area contributed by atoms with E-state index in [0.29, 0.717) is 18.1 Å². The molecule has 3 heteroatoms. The fraction of sp³-hybridized carbons (Fsp3) is 0.450. The van der Waals surface area contributed by atoms with E-state index in [2.05, 4.69) is 19.9 Å². The molecule has 0 aliphatic heterocycles. The Morgan fingerprint density at radius 2 is 2.09 bits per heavy atom. The number of rotatable bonds is 5. The fourth-order valence-electron chi connectivity index (χ4n) is 3.32. The molecule has 122 valence electrons. The van der Waals surface area contributed by atoms with Crippen LogP contribution in [0.1, 0.15) is 57.6 Å². The van der Waals surface area contributed by atoms with E-state index in [1.165, 1.54) is 5.57 Å². The zero-order chi connectivity index (χ0) is 16.4. The average Bonchev–Trinajstić information content (AvgIpc) is 2.97. The number of ketones is 1. The molecular formula is C20H24O3. The van der Waals surface area contributed by atoms with Gasteiger partial charge in [-0.1, -0.05) is 12.5 Å². The first-order chi connectivity index (χ1) is 11.1. The smallest absolute Gasteiger partial charge is 0.158 e. The fourth-order valence-corrected chi connectivity index (χ4v) is 3.32. The Morgan fingerprint density at radius 3 is 2.83 bits per heavy atom. The number of furan rings is 1. The first kappa shape index (κ1) is 15.9. The van der Waals surface area contributed by atoms with Gasteiger partial charge < -0.3 is 9.15 Å². The van der Waals surface area contributed by atoms with Crippen LogP contribution in [0, 0.1) is 0 Å². The molecule has 1 aromatic heterocycles. The van der Waals surface area contributed by atoms with Gasteiger partial charge in [0.1, 0.15) is 17.1 Å². The maximum Gasteiger partial charge on any atom is 0.158 e. The molecule has 0 N–H and O–H groups in total. The van der Waals surface area contributed by atoms with Gasteiger partial charge in [-0.15, -0.1) is 0 Å². The van der Waals surface area contributed by atoms with Gasteiger partial charge in [0.15, 0.2) is 5.78 Å². The Hall–Kier alpha value is -2.03. The van der Waals surface area contributed by atoms with Gasteiger partial charge >= 0.3 is 0 Å². The third-order valence-electron chi connectivity index (χ3n) is 4.86. The lowest BCUT2D eigenvalue weighted by atomic mass is 9.87. The van der Waals surface area contributed by atoms with E-state index >= 15 is 0 Å². The average molecular weight is 312 g/mol. The summed E-state index contributed by atoms with van der Waals surface area (Å²) in [5.74, 6) is 2.46. The molecule has 1 aromatic carbocycles. The van der Waals surface area contributed by atoms with Gasteiger partial charge in [-0.05, 0) is 62.4 Å². The number of ether oxygens (including phenoxy) is 1. The molecule has 0 saturated heterocycles. The number of allylic oxidation sites excluding steroid dienone is 2. The zero-order valence-corrected chi connectivity index (χ0v) is 14.1. The molecule has 1 aliphatic carbocycles. The largest absolute Gasteiger partial charge is 0.497 e. The summed E-state index contributed by atoms with van der Waals surface area (Å²) >= 11 is 0. The Morgan fingerprint density at radius 1 is 1.26 bits per heavy atom. The summed E-state index contributed by atoms with van der Waals surface area (Å²) in [6.45, 7) is 4.27. The number of carbonyl (C=O) groups is 1. The second-order valence-corrected chi connectivity index (χ2v) is 6.53. The van der Waals surface area contributed by atoms with Crippen LogP contribution in [0.15, 0.2) is 39.8 Å². The highest BCUT2D eigenvalue weighted by Crippen LogP contribution is 2.32. The molecule has 0 saturated carbocycles. The quantitative estimate of drug-likeness (QED) is 0.742. The van der Waals surface area contributed by atoms with E-state index in [1.807, 2.05) is 18.2 Å². The number of Topliss-reactive ketones (excluding diaryl/α,β-unsaturated/α-hetero) is 1. The van der Waals surface area contributed by atoms with Crippen LogP contribution in [0.4, 0.5) is 0 Å². The topological polar surface area (TPSA) is 39.4 Å². The van der Waals surface area contributed by atoms with Gasteiger partial charge in [0.2, 0.25) is 0 Å². The summed E-state index contributed by atoms with van der Waals surface area (Å²) in [6.07, 6.45) is 4.59. The van der Waals surface area contributed by atoms with Crippen LogP contribution in [0.2, 0.25) is 0 Å². The second-order valence-electron chi connectivity index (χ2n) is 6.53. The van der Waals surface area contributed by atoms with E-state index in [-0.39, 0.29) is 0 Å². The molecule has 0 fully saturated rings. The lowest BCUT2D eigenvalue weighted by molar-refractivity contribution is -0.116. The first-order valence-electron chi connectivity index (χ1n) is 8.38. The van der Waals surface area contributed by atoms with Crippen LogP contribution in [-0.2, 0) is 4.79 Å². The van der Waals surface area contributed by atoms with Crippen LogP contribution in [-0.4, -0.2) is 12.9 Å². The van der Waals surface area contributed by atoms with Crippen molar-refractivity contribution in [3.05, 3.63) is 41.2 Å². The molecule has 1 unspecified atom stereocenters. The van der Waals surface area contributed by atoms with Crippen molar-refractivity contribution in [1.29, 1.82) is 0 Å². The van der Waals surface area contributed by atoms with Crippen molar-refractivity contribution in [2.24, 2.45) is 0 Å². The number of carbonyl (C=O) groups excluding carboxylic acids is 1. The van der Waals surface area contributed by atoms with Crippen molar-refractivity contribution < 1.29 is 13.9 Å². The molecule has 3 nitrogen and oxygen atoms in total. The van der Waals surface area contributed by atoms with Gasteiger partial charge in [-0.25, -0.2) is 0 Å². The predicted octanol–water partition coefficient (Wildman–Crippen LogP) is 5.39. The van der Waals surface area contributed by atoms with E-state index in [9.17, 15) is 4.79 Å². The lowest BCUT2D eigenvalue weighted by Crippen LogP contribution is -2.11. The van der Waals surface area contributed by atoms with Crippen molar-refractivity contribution in [1.82, 2.24) is 0 Å². The Kier molecular flexibility index (Phi) is 4.56. The van der Waals surface area contributed by atoms with Gasteiger partial charge in [0, 0.05) is 17.7 Å². The van der Waals surface area contributed by atoms with Crippen molar-refractivity contribution in [3.63, 3.8) is 0 Å². The molecule has 0 radical (unpaired) electrons. The predicted molar refractivity (Wildman–Crippen MR) is 92.0 cm³/mol. The van der Waals surface area contributed by atoms with Crippen molar-refractivity contribution in [2.75, 3.05) is 7.11 Å². The second kappa shape index (κ2) is 6.61. The number of fused-ring (bicyclic) bond motifs is 1. The van der Waals surface area contributed by atoms with Crippen molar-refractivity contribution in [2.45, 2.75) is 51.9 Å². The van der Waals surface area contributed by atoms with Gasteiger partial charge in [-0.3, -0.25) is 4.79 Å². The zero-order valence-electron chi connectivity index (χ0n) is 14.1. The van der Waals surface area contributed by atoms with Crippen molar-refractivity contribution in [3.8, 4) is 5.75 Å². The van der Waals surface area contributed by atoms with Crippen LogP contribution in [0.3, 0.4) is 0 Å². The monoisotopic (exact) mass is 312 g/mol. The Labute approximate surface area is 137 Å². The molecule has 0 spiro atoms. The first-order valence-corrected chi connectivity index (χ1v) is 8.38. The highest BCUT2D eigenvalue weighted by Gasteiger charge is 2.20. The number of hydrogen-bond donors (Lipinski definition) is 0. The number of benzene rings is 1. The third kappa shape index (κ3) is 3.34. The summed E-state index contributed by atoms with van der Waals surface area (Å²) in [5.41, 5.74) is 3.22. The molecule has 1 aliphatic rings. The molecule has 0 amide bonds. The van der Waals surface area contributed by atoms with Gasteiger partial charge in [-0.2, -0.15) is 0 Å². The maximum absolute atomic E-state index is 12.1. The minimum Gasteiger partial charge on any atom is -0.497 e. The summed E-state index contributed by atoms with van der Waals surface area (Å²) < 4.78 is 11.2. The molecule has 23 heavy (non-hydrogen) atoms. The van der Waals surface area contributed by atoms with E-state index in [4.69, 9.17) is 9.15 Å². The minimum atomic E-state index is 0.295. The molecule has 2 aromatic rings. The lowest BCUT2D eigenvalue weighted by Gasteiger charge is -2.17.